The van der Waals surface area contributed by atoms with Gasteiger partial charge in [-0.05, 0) is 30.5 Å². The van der Waals surface area contributed by atoms with Crippen LogP contribution in [0.25, 0.3) is 0 Å². The predicted molar refractivity (Wildman–Crippen MR) is 64.0 cm³/mol. The highest BCUT2D eigenvalue weighted by Crippen LogP contribution is 2.24. The number of carboxylic acid groups (broad SMARTS) is 1. The third kappa shape index (κ3) is 3.14. The molecule has 5 nitrogen and oxygen atoms in total. The van der Waals surface area contributed by atoms with Crippen molar-refractivity contribution < 1.29 is 14.7 Å². The molecule has 0 heterocycles. The van der Waals surface area contributed by atoms with Gasteiger partial charge in [-0.15, -0.1) is 0 Å². The molecule has 1 rings (SSSR count). The Labute approximate surface area is 99.0 Å². The van der Waals surface area contributed by atoms with Crippen molar-refractivity contribution in [3.05, 3.63) is 34.9 Å². The molecule has 0 saturated heterocycles. The molecule has 0 saturated carbocycles. The van der Waals surface area contributed by atoms with Crippen LogP contribution in [0.5, 0.6) is 0 Å². The molecule has 1 unspecified atom stereocenters. The molecule has 0 aromatic heterocycles. The lowest BCUT2D eigenvalue weighted by Crippen LogP contribution is -2.22. The van der Waals surface area contributed by atoms with Crippen LogP contribution in [0.15, 0.2) is 23.2 Å². The smallest absolute Gasteiger partial charge is 0.346 e. The summed E-state index contributed by atoms with van der Waals surface area (Å²) in [5.74, 6) is -1.87. The second-order valence-corrected chi connectivity index (χ2v) is 3.73. The average molecular weight is 234 g/mol. The van der Waals surface area contributed by atoms with E-state index in [1.807, 2.05) is 32.0 Å². The number of hydrogen-bond acceptors (Lipinski definition) is 3. The average Bonchev–Trinajstić information content (AvgIpc) is 2.21. The van der Waals surface area contributed by atoms with Crippen molar-refractivity contribution in [1.29, 1.82) is 0 Å². The number of carboxylic acids is 1. The second kappa shape index (κ2) is 5.25. The Morgan fingerprint density at radius 2 is 1.88 bits per heavy atom. The van der Waals surface area contributed by atoms with E-state index < -0.39 is 17.9 Å². The number of benzene rings is 1. The highest BCUT2D eigenvalue weighted by Gasteiger charge is 2.20. The number of nitrogens with zero attached hydrogens (tertiary/aromatic N) is 1. The van der Waals surface area contributed by atoms with Crippen LogP contribution in [-0.2, 0) is 9.59 Å². The number of carbonyl (C=O) groups is 2. The fourth-order valence-corrected chi connectivity index (χ4v) is 1.69. The summed E-state index contributed by atoms with van der Waals surface area (Å²) >= 11 is 0. The zero-order valence-electron chi connectivity index (χ0n) is 9.68. The van der Waals surface area contributed by atoms with Crippen LogP contribution in [0.3, 0.4) is 0 Å². The topological polar surface area (TPSA) is 92.8 Å². The van der Waals surface area contributed by atoms with Crippen molar-refractivity contribution in [2.45, 2.75) is 19.9 Å². The Hall–Kier alpha value is -2.17. The number of aliphatic imine (C=N–C) groups is 1. The normalized spacial score (nSPS) is 12.6. The summed E-state index contributed by atoms with van der Waals surface area (Å²) in [6.07, 6.45) is 0.696. The lowest BCUT2D eigenvalue weighted by atomic mass is 9.96. The Morgan fingerprint density at radius 3 is 2.29 bits per heavy atom. The van der Waals surface area contributed by atoms with E-state index in [1.54, 1.807) is 0 Å². The van der Waals surface area contributed by atoms with Gasteiger partial charge >= 0.3 is 5.97 Å². The standard InChI is InChI=1S/C12H14N2O3/c1-7-4-3-5-8(2)10(7)11(12(13)17)14-6-9(15)16/h3-6,11H,1-2H3,(H2,13,17)(H,15,16). The zero-order valence-corrected chi connectivity index (χ0v) is 9.68. The first-order valence-electron chi connectivity index (χ1n) is 5.05. The van der Waals surface area contributed by atoms with Crippen LogP contribution in [0.2, 0.25) is 0 Å². The van der Waals surface area contributed by atoms with E-state index >= 15 is 0 Å². The number of primary amides is 1. The van der Waals surface area contributed by atoms with Crippen LogP contribution < -0.4 is 5.73 Å². The molecule has 17 heavy (non-hydrogen) atoms. The Morgan fingerprint density at radius 1 is 1.35 bits per heavy atom. The minimum Gasteiger partial charge on any atom is -0.477 e. The molecule has 3 N–H and O–H groups in total. The van der Waals surface area contributed by atoms with Crippen LogP contribution >= 0.6 is 0 Å². The minimum atomic E-state index is -1.21. The third-order valence-corrected chi connectivity index (χ3v) is 2.42. The van der Waals surface area contributed by atoms with Gasteiger partial charge in [0.05, 0.1) is 0 Å². The highest BCUT2D eigenvalue weighted by atomic mass is 16.4. The van der Waals surface area contributed by atoms with Crippen molar-refractivity contribution in [1.82, 2.24) is 0 Å². The largest absolute Gasteiger partial charge is 0.477 e. The van der Waals surface area contributed by atoms with E-state index in [4.69, 9.17) is 10.8 Å². The van der Waals surface area contributed by atoms with E-state index in [1.165, 1.54) is 0 Å². The van der Waals surface area contributed by atoms with Crippen LogP contribution in [0.1, 0.15) is 22.7 Å². The number of aliphatic carboxylic acids is 1. The zero-order chi connectivity index (χ0) is 13.0. The second-order valence-electron chi connectivity index (χ2n) is 3.73. The number of nitrogens with two attached hydrogens (primary N) is 1. The molecular formula is C12H14N2O3. The summed E-state index contributed by atoms with van der Waals surface area (Å²) in [5.41, 5.74) is 7.63. The van der Waals surface area contributed by atoms with Gasteiger partial charge in [0.1, 0.15) is 6.21 Å². The summed E-state index contributed by atoms with van der Waals surface area (Å²) in [7, 11) is 0. The molecule has 0 bridgehead atoms. The van der Waals surface area contributed by atoms with Gasteiger partial charge in [-0.2, -0.15) is 0 Å². The predicted octanol–water partition coefficient (Wildman–Crippen LogP) is 0.985. The lowest BCUT2D eigenvalue weighted by molar-refractivity contribution is -0.128. The number of carbonyl (C=O) groups excluding carboxylic acids is 1. The molecule has 5 heteroatoms. The summed E-state index contributed by atoms with van der Waals surface area (Å²) < 4.78 is 0. The summed E-state index contributed by atoms with van der Waals surface area (Å²) in [4.78, 5) is 25.5. The van der Waals surface area contributed by atoms with E-state index in [0.717, 1.165) is 11.1 Å². The van der Waals surface area contributed by atoms with Crippen LogP contribution in [0.4, 0.5) is 0 Å². The molecule has 1 aromatic carbocycles. The van der Waals surface area contributed by atoms with E-state index in [0.29, 0.717) is 11.8 Å². The number of hydrogen-bond donors (Lipinski definition) is 2. The van der Waals surface area contributed by atoms with Crippen LogP contribution in [-0.4, -0.2) is 23.2 Å². The number of aryl methyl sites for hydroxylation is 2. The first-order valence-corrected chi connectivity index (χ1v) is 5.05. The molecule has 0 fully saturated rings. The van der Waals surface area contributed by atoms with E-state index in [9.17, 15) is 9.59 Å². The van der Waals surface area contributed by atoms with Gasteiger partial charge in [-0.1, -0.05) is 18.2 Å². The molecule has 0 radical (unpaired) electrons. The Bertz CT molecular complexity index is 460. The molecule has 0 spiro atoms. The molecular weight excluding hydrogens is 220 g/mol. The molecule has 1 atom stereocenters. The Kier molecular flexibility index (Phi) is 3.98. The maximum atomic E-state index is 11.3. The summed E-state index contributed by atoms with van der Waals surface area (Å²) in [5, 5.41) is 8.53. The fraction of sp³-hybridized carbons (Fsp3) is 0.250. The van der Waals surface area contributed by atoms with Crippen molar-refractivity contribution >= 4 is 18.1 Å². The van der Waals surface area contributed by atoms with Crippen molar-refractivity contribution in [2.24, 2.45) is 10.7 Å². The SMILES string of the molecule is Cc1cccc(C)c1C(N=CC(=O)O)C(N)=O. The van der Waals surface area contributed by atoms with E-state index in [-0.39, 0.29) is 0 Å². The van der Waals surface area contributed by atoms with Gasteiger partial charge in [0, 0.05) is 0 Å². The molecule has 1 aromatic rings. The maximum Gasteiger partial charge on any atom is 0.346 e. The van der Waals surface area contributed by atoms with Crippen molar-refractivity contribution in [3.8, 4) is 0 Å². The molecule has 0 aliphatic heterocycles. The highest BCUT2D eigenvalue weighted by molar-refractivity contribution is 6.22. The summed E-state index contributed by atoms with van der Waals surface area (Å²) in [6, 6.07) is 4.56. The van der Waals surface area contributed by atoms with Gasteiger partial charge in [-0.25, -0.2) is 4.79 Å². The molecule has 0 aliphatic carbocycles. The molecule has 0 aliphatic rings. The first kappa shape index (κ1) is 12.9. The molecule has 1 amide bonds. The van der Waals surface area contributed by atoms with E-state index in [2.05, 4.69) is 4.99 Å². The van der Waals surface area contributed by atoms with Crippen LogP contribution in [0, 0.1) is 13.8 Å². The van der Waals surface area contributed by atoms with Gasteiger partial charge in [0.25, 0.3) is 0 Å². The third-order valence-electron chi connectivity index (χ3n) is 2.42. The van der Waals surface area contributed by atoms with Gasteiger partial charge in [0.2, 0.25) is 5.91 Å². The number of rotatable bonds is 4. The van der Waals surface area contributed by atoms with Crippen molar-refractivity contribution in [2.75, 3.05) is 0 Å². The maximum absolute atomic E-state index is 11.3. The number of amides is 1. The van der Waals surface area contributed by atoms with Gasteiger partial charge in [0.15, 0.2) is 6.04 Å². The fourth-order valence-electron chi connectivity index (χ4n) is 1.69. The lowest BCUT2D eigenvalue weighted by Gasteiger charge is -2.14. The van der Waals surface area contributed by atoms with Gasteiger partial charge < -0.3 is 10.8 Å². The Balaban J connectivity index is 3.24. The monoisotopic (exact) mass is 234 g/mol. The summed E-state index contributed by atoms with van der Waals surface area (Å²) in [6.45, 7) is 3.66. The first-order chi connectivity index (χ1) is 7.93. The quantitative estimate of drug-likeness (QED) is 0.760. The minimum absolute atomic E-state index is 0.664. The molecule has 90 valence electrons. The van der Waals surface area contributed by atoms with Gasteiger partial charge in [-0.3, -0.25) is 9.79 Å². The van der Waals surface area contributed by atoms with Crippen molar-refractivity contribution in [3.63, 3.8) is 0 Å².